The Kier molecular flexibility index (Phi) is 2.01. The van der Waals surface area contributed by atoms with Crippen molar-refractivity contribution in [3.63, 3.8) is 0 Å². The summed E-state index contributed by atoms with van der Waals surface area (Å²) in [5, 5.41) is 4.98. The van der Waals surface area contributed by atoms with Crippen LogP contribution in [0.15, 0.2) is 11.5 Å². The van der Waals surface area contributed by atoms with Gasteiger partial charge in [0, 0.05) is 15.7 Å². The maximum Gasteiger partial charge on any atom is 0.0209 e. The molecule has 0 aromatic rings. The lowest BCUT2D eigenvalue weighted by atomic mass is 9.99. The first-order chi connectivity index (χ1) is 4.84. The summed E-state index contributed by atoms with van der Waals surface area (Å²) in [4.78, 5) is 0. The summed E-state index contributed by atoms with van der Waals surface area (Å²) in [6.45, 7) is 2.29. The van der Waals surface area contributed by atoms with Gasteiger partial charge in [-0.3, -0.25) is 0 Å². The molecule has 0 radical (unpaired) electrons. The third kappa shape index (κ3) is 1.37. The average molecular weight is 172 g/mol. The summed E-state index contributed by atoms with van der Waals surface area (Å²) in [5.74, 6) is 0. The van der Waals surface area contributed by atoms with Crippen LogP contribution in [0.4, 0.5) is 0 Å². The van der Waals surface area contributed by atoms with E-state index in [4.69, 9.17) is 0 Å². The summed E-state index contributed by atoms with van der Waals surface area (Å²) in [7, 11) is 0. The van der Waals surface area contributed by atoms with Crippen LogP contribution in [0.1, 0.15) is 19.8 Å². The first-order valence-electron chi connectivity index (χ1n) is 3.82. The van der Waals surface area contributed by atoms with Crippen molar-refractivity contribution in [2.24, 2.45) is 0 Å². The van der Waals surface area contributed by atoms with Gasteiger partial charge in [-0.25, -0.2) is 0 Å². The molecular weight excluding hydrogens is 160 g/mol. The monoisotopic (exact) mass is 172 g/mol. The van der Waals surface area contributed by atoms with Crippen LogP contribution in [-0.2, 0) is 0 Å². The number of rotatable bonds is 0. The van der Waals surface area contributed by atoms with Crippen molar-refractivity contribution in [1.82, 2.24) is 0 Å². The van der Waals surface area contributed by atoms with Gasteiger partial charge in [0.05, 0.1) is 0 Å². The maximum absolute atomic E-state index is 2.33. The van der Waals surface area contributed by atoms with Gasteiger partial charge in [0.15, 0.2) is 0 Å². The Morgan fingerprint density at radius 2 is 2.10 bits per heavy atom. The highest BCUT2D eigenvalue weighted by Crippen LogP contribution is 2.43. The summed E-state index contributed by atoms with van der Waals surface area (Å²) in [5.41, 5.74) is 0. The van der Waals surface area contributed by atoms with Gasteiger partial charge in [-0.2, -0.15) is 11.8 Å². The third-order valence-electron chi connectivity index (χ3n) is 2.08. The summed E-state index contributed by atoms with van der Waals surface area (Å²) in [6, 6.07) is 0. The molecule has 2 heterocycles. The van der Waals surface area contributed by atoms with E-state index in [2.05, 4.69) is 30.2 Å². The molecule has 56 valence electrons. The predicted molar refractivity (Wildman–Crippen MR) is 50.6 cm³/mol. The van der Waals surface area contributed by atoms with Crippen molar-refractivity contribution in [3.05, 3.63) is 11.5 Å². The van der Waals surface area contributed by atoms with Crippen molar-refractivity contribution in [2.75, 3.05) is 0 Å². The Morgan fingerprint density at radius 1 is 1.30 bits per heavy atom. The molecule has 0 amide bonds. The van der Waals surface area contributed by atoms with Gasteiger partial charge >= 0.3 is 0 Å². The second kappa shape index (κ2) is 2.82. The molecule has 2 heteroatoms. The van der Waals surface area contributed by atoms with Crippen LogP contribution in [0.25, 0.3) is 0 Å². The van der Waals surface area contributed by atoms with E-state index in [1.165, 1.54) is 12.8 Å². The number of thioether (sulfide) groups is 2. The minimum absolute atomic E-state index is 0.749. The molecule has 0 N–H and O–H groups in total. The van der Waals surface area contributed by atoms with Crippen LogP contribution < -0.4 is 0 Å². The molecule has 0 saturated heterocycles. The van der Waals surface area contributed by atoms with Crippen LogP contribution in [0.5, 0.6) is 0 Å². The molecular formula is C8H12S2. The Morgan fingerprint density at radius 3 is 2.90 bits per heavy atom. The van der Waals surface area contributed by atoms with Crippen LogP contribution in [0.3, 0.4) is 0 Å². The smallest absolute Gasteiger partial charge is 0.0209 e. The summed E-state index contributed by atoms with van der Waals surface area (Å²) in [6.07, 6.45) is 5.22. The first-order valence-corrected chi connectivity index (χ1v) is 5.71. The van der Waals surface area contributed by atoms with E-state index in [1.807, 2.05) is 11.8 Å². The van der Waals surface area contributed by atoms with Gasteiger partial charge in [-0.15, -0.1) is 11.8 Å². The van der Waals surface area contributed by atoms with Crippen molar-refractivity contribution in [3.8, 4) is 0 Å². The van der Waals surface area contributed by atoms with E-state index in [1.54, 1.807) is 0 Å². The molecule has 2 aliphatic heterocycles. The maximum atomic E-state index is 2.33. The lowest BCUT2D eigenvalue weighted by Gasteiger charge is -2.36. The lowest BCUT2D eigenvalue weighted by molar-refractivity contribution is 0.540. The average Bonchev–Trinajstić information content (AvgIpc) is 1.73. The van der Waals surface area contributed by atoms with Crippen molar-refractivity contribution in [1.29, 1.82) is 0 Å². The second-order valence-corrected chi connectivity index (χ2v) is 5.91. The van der Waals surface area contributed by atoms with Gasteiger partial charge in [0.2, 0.25) is 0 Å². The molecule has 0 spiro atoms. The fourth-order valence-electron chi connectivity index (χ4n) is 1.36. The first kappa shape index (κ1) is 7.11. The number of hydrogen-bond acceptors (Lipinski definition) is 2. The molecule has 1 saturated carbocycles. The third-order valence-corrected chi connectivity index (χ3v) is 4.52. The van der Waals surface area contributed by atoms with Gasteiger partial charge in [0.25, 0.3) is 0 Å². The topological polar surface area (TPSA) is 0 Å². The zero-order chi connectivity index (χ0) is 6.97. The van der Waals surface area contributed by atoms with Crippen molar-refractivity contribution in [2.45, 2.75) is 35.5 Å². The van der Waals surface area contributed by atoms with E-state index < -0.39 is 0 Å². The summed E-state index contributed by atoms with van der Waals surface area (Å²) < 4.78 is 0. The highest BCUT2D eigenvalue weighted by atomic mass is 32.2. The van der Waals surface area contributed by atoms with E-state index in [0.29, 0.717) is 0 Å². The predicted octanol–water partition coefficient (Wildman–Crippen LogP) is 2.90. The van der Waals surface area contributed by atoms with Gasteiger partial charge in [-0.05, 0) is 25.2 Å². The quantitative estimate of drug-likeness (QED) is 0.551. The largest absolute Gasteiger partial charge is 0.151 e. The van der Waals surface area contributed by atoms with Crippen LogP contribution in [0, 0.1) is 0 Å². The van der Waals surface area contributed by atoms with E-state index in [-0.39, 0.29) is 0 Å². The standard InChI is InChI=1S/C8H12S2/c1-6-2-3-9-7-4-8(5-7)10-6/h2-3,6-8H,4-5H2,1H3/b3-2-/t6-,7?,8?/m0/s1. The minimum atomic E-state index is 0.749. The van der Waals surface area contributed by atoms with Crippen LogP contribution in [-0.4, -0.2) is 15.7 Å². The Balaban J connectivity index is 2.01. The van der Waals surface area contributed by atoms with E-state index >= 15 is 0 Å². The normalized spacial score (nSPS) is 48.7. The van der Waals surface area contributed by atoms with Gasteiger partial charge in [0.1, 0.15) is 0 Å². The van der Waals surface area contributed by atoms with Crippen molar-refractivity contribution >= 4 is 23.5 Å². The molecule has 3 aliphatic rings. The second-order valence-electron chi connectivity index (χ2n) is 3.02. The van der Waals surface area contributed by atoms with Crippen LogP contribution in [0.2, 0.25) is 0 Å². The van der Waals surface area contributed by atoms with Crippen molar-refractivity contribution < 1.29 is 0 Å². The molecule has 3 rings (SSSR count). The van der Waals surface area contributed by atoms with E-state index in [9.17, 15) is 0 Å². The molecule has 1 aliphatic carbocycles. The van der Waals surface area contributed by atoms with Crippen LogP contribution >= 0.6 is 23.5 Å². The fourth-order valence-corrected chi connectivity index (χ4v) is 4.40. The Labute approximate surface area is 70.8 Å². The van der Waals surface area contributed by atoms with Gasteiger partial charge in [-0.1, -0.05) is 6.08 Å². The molecule has 0 unspecified atom stereocenters. The number of hydrogen-bond donors (Lipinski definition) is 0. The SMILES string of the molecule is C[C@H]1/C=C\SC2CC(C2)S1. The lowest BCUT2D eigenvalue weighted by Crippen LogP contribution is -2.30. The Hall–Kier alpha value is 0.440. The summed E-state index contributed by atoms with van der Waals surface area (Å²) >= 11 is 4.17. The molecule has 0 nitrogen and oxygen atoms in total. The Bertz CT molecular complexity index is 147. The molecule has 1 fully saturated rings. The molecule has 0 aromatic carbocycles. The molecule has 1 atom stereocenters. The zero-order valence-corrected chi connectivity index (χ0v) is 7.75. The molecule has 0 aromatic heterocycles. The zero-order valence-electron chi connectivity index (χ0n) is 6.12. The van der Waals surface area contributed by atoms with E-state index in [0.717, 1.165) is 15.7 Å². The fraction of sp³-hybridized carbons (Fsp3) is 0.750. The minimum Gasteiger partial charge on any atom is -0.151 e. The number of fused-ring (bicyclic) bond motifs is 3. The highest BCUT2D eigenvalue weighted by molar-refractivity contribution is 8.04. The molecule has 10 heavy (non-hydrogen) atoms. The highest BCUT2D eigenvalue weighted by Gasteiger charge is 2.31. The molecule has 2 bridgehead atoms. The van der Waals surface area contributed by atoms with Gasteiger partial charge < -0.3 is 0 Å².